The zero-order valence-corrected chi connectivity index (χ0v) is 7.54. The van der Waals surface area contributed by atoms with Gasteiger partial charge in [-0.05, 0) is 28.8 Å². The minimum absolute atomic E-state index is 0.402. The highest BCUT2D eigenvalue weighted by Gasteiger charge is 2.20. The van der Waals surface area contributed by atoms with E-state index in [4.69, 9.17) is 5.73 Å². The number of carbonyl (C=O) groups excluding carboxylic acids is 1. The quantitative estimate of drug-likeness (QED) is 0.435. The molecule has 1 rings (SSSR count). The van der Waals surface area contributed by atoms with Crippen molar-refractivity contribution in [1.29, 1.82) is 0 Å². The number of aldehydes is 1. The van der Waals surface area contributed by atoms with Crippen molar-refractivity contribution >= 4 is 26.8 Å². The van der Waals surface area contributed by atoms with Crippen LogP contribution in [0.1, 0.15) is 12.8 Å². The maximum atomic E-state index is 10.3. The summed E-state index contributed by atoms with van der Waals surface area (Å²) in [6, 6.07) is 0.402. The Morgan fingerprint density at radius 2 is 2.27 bits per heavy atom. The van der Waals surface area contributed by atoms with Gasteiger partial charge < -0.3 is 5.73 Å². The van der Waals surface area contributed by atoms with E-state index in [0.29, 0.717) is 22.5 Å². The van der Waals surface area contributed by atoms with E-state index in [1.807, 2.05) is 0 Å². The number of carbonyl (C=O) groups is 1. The van der Waals surface area contributed by atoms with E-state index < -0.39 is 0 Å². The molecule has 0 spiro atoms. The van der Waals surface area contributed by atoms with Gasteiger partial charge in [-0.3, -0.25) is 9.79 Å². The summed E-state index contributed by atoms with van der Waals surface area (Å²) in [5.41, 5.74) is 5.59. The van der Waals surface area contributed by atoms with Crippen molar-refractivity contribution in [1.82, 2.24) is 0 Å². The highest BCUT2D eigenvalue weighted by Crippen LogP contribution is 2.25. The van der Waals surface area contributed by atoms with Crippen LogP contribution in [0.3, 0.4) is 0 Å². The Morgan fingerprint density at radius 3 is 2.64 bits per heavy atom. The van der Waals surface area contributed by atoms with Crippen molar-refractivity contribution in [2.45, 2.75) is 18.9 Å². The summed E-state index contributed by atoms with van der Waals surface area (Å²) in [6.07, 6.45) is 4.18. The van der Waals surface area contributed by atoms with E-state index in [2.05, 4.69) is 20.9 Å². The number of hydrogen-bond acceptors (Lipinski definition) is 3. The predicted molar refractivity (Wildman–Crippen MR) is 47.7 cm³/mol. The maximum absolute atomic E-state index is 10.3. The van der Waals surface area contributed by atoms with E-state index in [1.165, 1.54) is 6.20 Å². The van der Waals surface area contributed by atoms with Crippen molar-refractivity contribution in [2.24, 2.45) is 10.7 Å². The molecule has 3 nitrogen and oxygen atoms in total. The largest absolute Gasteiger partial charge is 0.404 e. The molecule has 0 unspecified atom stereocenters. The van der Waals surface area contributed by atoms with E-state index in [1.54, 1.807) is 0 Å². The SMILES string of the molecule is NC=C(C=O)C(Br)=NC1CC1. The van der Waals surface area contributed by atoms with Crippen LogP contribution in [0.25, 0.3) is 0 Å². The first kappa shape index (κ1) is 8.46. The van der Waals surface area contributed by atoms with E-state index in [-0.39, 0.29) is 0 Å². The van der Waals surface area contributed by atoms with E-state index >= 15 is 0 Å². The first-order valence-electron chi connectivity index (χ1n) is 3.38. The Labute approximate surface area is 73.5 Å². The van der Waals surface area contributed by atoms with Gasteiger partial charge in [-0.25, -0.2) is 0 Å². The monoisotopic (exact) mass is 216 g/mol. The van der Waals surface area contributed by atoms with E-state index in [9.17, 15) is 4.79 Å². The molecule has 0 saturated heterocycles. The number of hydrogen-bond donors (Lipinski definition) is 1. The Morgan fingerprint density at radius 1 is 1.64 bits per heavy atom. The summed E-state index contributed by atoms with van der Waals surface area (Å²) in [4.78, 5) is 14.5. The minimum Gasteiger partial charge on any atom is -0.404 e. The number of aliphatic imine (C=N–C) groups is 1. The Kier molecular flexibility index (Phi) is 2.82. The summed E-state index contributed by atoms with van der Waals surface area (Å²) in [6.45, 7) is 0. The lowest BCUT2D eigenvalue weighted by Crippen LogP contribution is -1.99. The minimum atomic E-state index is 0.402. The van der Waals surface area contributed by atoms with Crippen LogP contribution in [0, 0.1) is 0 Å². The third-order valence-corrected chi connectivity index (χ3v) is 2.05. The summed E-state index contributed by atoms with van der Waals surface area (Å²) in [5.74, 6) is 0. The summed E-state index contributed by atoms with van der Waals surface area (Å²) < 4.78 is 0.567. The van der Waals surface area contributed by atoms with Crippen LogP contribution >= 0.6 is 15.9 Å². The van der Waals surface area contributed by atoms with Gasteiger partial charge in [0.2, 0.25) is 0 Å². The zero-order chi connectivity index (χ0) is 8.27. The van der Waals surface area contributed by atoms with Gasteiger partial charge >= 0.3 is 0 Å². The van der Waals surface area contributed by atoms with Crippen molar-refractivity contribution in [3.8, 4) is 0 Å². The number of nitrogens with two attached hydrogens (primary N) is 1. The normalized spacial score (nSPS) is 20.1. The Balaban J connectivity index is 2.62. The third-order valence-electron chi connectivity index (χ3n) is 1.39. The molecule has 60 valence electrons. The molecule has 0 atom stereocenters. The van der Waals surface area contributed by atoms with Crippen LogP contribution in [0.5, 0.6) is 0 Å². The van der Waals surface area contributed by atoms with Gasteiger partial charge in [0, 0.05) is 6.20 Å². The molecular formula is C7H9BrN2O. The van der Waals surface area contributed by atoms with Crippen LogP contribution in [0.4, 0.5) is 0 Å². The molecule has 1 saturated carbocycles. The number of nitrogens with zero attached hydrogens (tertiary/aromatic N) is 1. The third kappa shape index (κ3) is 2.46. The second-order valence-corrected chi connectivity index (χ2v) is 3.14. The first-order chi connectivity index (χ1) is 5.27. The summed E-state index contributed by atoms with van der Waals surface area (Å²) >= 11 is 3.18. The van der Waals surface area contributed by atoms with Crippen LogP contribution in [-0.4, -0.2) is 16.9 Å². The smallest absolute Gasteiger partial charge is 0.154 e. The fourth-order valence-corrected chi connectivity index (χ4v) is 1.11. The van der Waals surface area contributed by atoms with Gasteiger partial charge in [-0.15, -0.1) is 0 Å². The van der Waals surface area contributed by atoms with Crippen LogP contribution < -0.4 is 5.73 Å². The van der Waals surface area contributed by atoms with Crippen molar-refractivity contribution in [3.05, 3.63) is 11.8 Å². The molecule has 0 heterocycles. The highest BCUT2D eigenvalue weighted by molar-refractivity contribution is 9.18. The van der Waals surface area contributed by atoms with Crippen molar-refractivity contribution in [2.75, 3.05) is 0 Å². The van der Waals surface area contributed by atoms with Gasteiger partial charge in [0.15, 0.2) is 6.29 Å². The van der Waals surface area contributed by atoms with Gasteiger partial charge in [0.05, 0.1) is 11.6 Å². The topological polar surface area (TPSA) is 55.5 Å². The molecule has 0 aromatic carbocycles. The standard InChI is InChI=1S/C7H9BrN2O/c8-7(5(3-9)4-11)10-6-1-2-6/h3-4,6H,1-2,9H2. The molecule has 0 amide bonds. The van der Waals surface area contributed by atoms with Crippen LogP contribution in [-0.2, 0) is 4.79 Å². The fraction of sp³-hybridized carbons (Fsp3) is 0.429. The highest BCUT2D eigenvalue weighted by atomic mass is 79.9. The summed E-state index contributed by atoms with van der Waals surface area (Å²) in [5, 5.41) is 0. The molecule has 0 bridgehead atoms. The average Bonchev–Trinajstić information content (AvgIpc) is 2.74. The van der Waals surface area contributed by atoms with Gasteiger partial charge in [-0.1, -0.05) is 0 Å². The lowest BCUT2D eigenvalue weighted by Gasteiger charge is -1.93. The molecule has 1 fully saturated rings. The number of halogens is 1. The Bertz CT molecular complexity index is 218. The Hall–Kier alpha value is -0.640. The molecule has 4 heteroatoms. The molecule has 0 radical (unpaired) electrons. The summed E-state index contributed by atoms with van der Waals surface area (Å²) in [7, 11) is 0. The number of rotatable bonds is 3. The molecule has 0 aromatic heterocycles. The van der Waals surface area contributed by atoms with Crippen LogP contribution in [0.2, 0.25) is 0 Å². The maximum Gasteiger partial charge on any atom is 0.154 e. The predicted octanol–water partition coefficient (Wildman–Crippen LogP) is 0.984. The fourth-order valence-electron chi connectivity index (χ4n) is 0.595. The lowest BCUT2D eigenvalue weighted by atomic mass is 10.3. The van der Waals surface area contributed by atoms with Gasteiger partial charge in [0.25, 0.3) is 0 Å². The molecule has 1 aliphatic rings. The van der Waals surface area contributed by atoms with Crippen molar-refractivity contribution < 1.29 is 4.79 Å². The average molecular weight is 217 g/mol. The lowest BCUT2D eigenvalue weighted by molar-refractivity contribution is -0.104. The van der Waals surface area contributed by atoms with Crippen LogP contribution in [0.15, 0.2) is 16.8 Å². The molecule has 2 N–H and O–H groups in total. The molecule has 0 aliphatic heterocycles. The molecule has 0 aromatic rings. The first-order valence-corrected chi connectivity index (χ1v) is 4.18. The van der Waals surface area contributed by atoms with E-state index in [0.717, 1.165) is 12.8 Å². The molecule has 11 heavy (non-hydrogen) atoms. The molecular weight excluding hydrogens is 208 g/mol. The zero-order valence-electron chi connectivity index (χ0n) is 5.96. The number of allylic oxidation sites excluding steroid dienone is 1. The molecule has 1 aliphatic carbocycles. The van der Waals surface area contributed by atoms with Gasteiger partial charge in [-0.2, -0.15) is 0 Å². The van der Waals surface area contributed by atoms with Crippen molar-refractivity contribution in [3.63, 3.8) is 0 Å². The second-order valence-electron chi connectivity index (χ2n) is 2.39. The van der Waals surface area contributed by atoms with Gasteiger partial charge in [0.1, 0.15) is 4.62 Å². The second kappa shape index (κ2) is 3.67.